The SMILES string of the molecule is CC(C)(c1cccc(-c2cccnc2)n1)c1cccc(-c2ccc(F)cc2F)n1. The summed E-state index contributed by atoms with van der Waals surface area (Å²) in [7, 11) is 0. The van der Waals surface area contributed by atoms with Crippen molar-refractivity contribution in [1.29, 1.82) is 0 Å². The topological polar surface area (TPSA) is 38.7 Å². The molecule has 0 amide bonds. The molecule has 3 aromatic heterocycles. The maximum Gasteiger partial charge on any atom is 0.135 e. The third-order valence-electron chi connectivity index (χ3n) is 4.94. The van der Waals surface area contributed by atoms with Crippen LogP contribution in [-0.4, -0.2) is 15.0 Å². The fraction of sp³-hybridized carbons (Fsp3) is 0.125. The first-order valence-electron chi connectivity index (χ1n) is 9.26. The van der Waals surface area contributed by atoms with Crippen LogP contribution < -0.4 is 0 Å². The van der Waals surface area contributed by atoms with Crippen molar-refractivity contribution in [1.82, 2.24) is 15.0 Å². The minimum Gasteiger partial charge on any atom is -0.264 e. The van der Waals surface area contributed by atoms with Crippen LogP contribution >= 0.6 is 0 Å². The lowest BCUT2D eigenvalue weighted by atomic mass is 9.84. The molecule has 0 fully saturated rings. The largest absolute Gasteiger partial charge is 0.264 e. The molecule has 144 valence electrons. The Morgan fingerprint density at radius 3 is 2.10 bits per heavy atom. The lowest BCUT2D eigenvalue weighted by molar-refractivity contribution is 0.583. The van der Waals surface area contributed by atoms with Crippen molar-refractivity contribution in [2.75, 3.05) is 0 Å². The molecule has 0 N–H and O–H groups in total. The fourth-order valence-electron chi connectivity index (χ4n) is 3.22. The van der Waals surface area contributed by atoms with Crippen molar-refractivity contribution < 1.29 is 8.78 Å². The summed E-state index contributed by atoms with van der Waals surface area (Å²) in [4.78, 5) is 13.6. The standard InChI is InChI=1S/C24H19F2N3/c1-24(2,22-9-3-7-20(28-22)16-6-5-13-27-15-16)23-10-4-8-21(29-23)18-12-11-17(25)14-19(18)26/h3-15H,1-2H3. The van der Waals surface area contributed by atoms with E-state index in [1.807, 2.05) is 56.3 Å². The number of benzene rings is 1. The highest BCUT2D eigenvalue weighted by atomic mass is 19.1. The number of aromatic nitrogens is 3. The molecule has 1 aromatic carbocycles. The molecular weight excluding hydrogens is 368 g/mol. The monoisotopic (exact) mass is 387 g/mol. The van der Waals surface area contributed by atoms with E-state index in [9.17, 15) is 8.78 Å². The van der Waals surface area contributed by atoms with Gasteiger partial charge in [-0.1, -0.05) is 12.1 Å². The average Bonchev–Trinajstić information content (AvgIpc) is 2.74. The van der Waals surface area contributed by atoms with Crippen LogP contribution in [0.2, 0.25) is 0 Å². The molecule has 0 radical (unpaired) electrons. The molecule has 0 aliphatic carbocycles. The second-order valence-electron chi connectivity index (χ2n) is 7.31. The van der Waals surface area contributed by atoms with Gasteiger partial charge in [-0.2, -0.15) is 0 Å². The number of rotatable bonds is 4. The Balaban J connectivity index is 1.75. The lowest BCUT2D eigenvalue weighted by Crippen LogP contribution is -2.22. The van der Waals surface area contributed by atoms with Crippen LogP contribution in [0.5, 0.6) is 0 Å². The van der Waals surface area contributed by atoms with Crippen LogP contribution in [0.25, 0.3) is 22.5 Å². The van der Waals surface area contributed by atoms with Gasteiger partial charge in [0.05, 0.1) is 22.8 Å². The lowest BCUT2D eigenvalue weighted by Gasteiger charge is -2.24. The minimum absolute atomic E-state index is 0.265. The second kappa shape index (κ2) is 7.51. The summed E-state index contributed by atoms with van der Waals surface area (Å²) in [6.07, 6.45) is 3.50. The van der Waals surface area contributed by atoms with Crippen molar-refractivity contribution in [3.8, 4) is 22.5 Å². The van der Waals surface area contributed by atoms with Gasteiger partial charge < -0.3 is 0 Å². The summed E-state index contributed by atoms with van der Waals surface area (Å²) in [6.45, 7) is 4.05. The number of halogens is 2. The Bertz CT molecular complexity index is 1160. The molecule has 4 aromatic rings. The van der Waals surface area contributed by atoms with Crippen LogP contribution in [0.15, 0.2) is 79.1 Å². The predicted molar refractivity (Wildman–Crippen MR) is 109 cm³/mol. The highest BCUT2D eigenvalue weighted by molar-refractivity contribution is 5.61. The van der Waals surface area contributed by atoms with E-state index in [1.54, 1.807) is 18.5 Å². The average molecular weight is 387 g/mol. The molecule has 4 rings (SSSR count). The first kappa shape index (κ1) is 18.9. The maximum absolute atomic E-state index is 14.2. The molecule has 3 nitrogen and oxygen atoms in total. The van der Waals surface area contributed by atoms with Crippen LogP contribution in [0.1, 0.15) is 25.2 Å². The third kappa shape index (κ3) is 3.76. The van der Waals surface area contributed by atoms with Crippen molar-refractivity contribution in [3.05, 3.63) is 102 Å². The quantitative estimate of drug-likeness (QED) is 0.444. The summed E-state index contributed by atoms with van der Waals surface area (Å²) in [5, 5.41) is 0. The minimum atomic E-state index is -0.635. The van der Waals surface area contributed by atoms with Gasteiger partial charge in [0.25, 0.3) is 0 Å². The zero-order valence-corrected chi connectivity index (χ0v) is 16.1. The summed E-state index contributed by atoms with van der Waals surface area (Å²) >= 11 is 0. The smallest absolute Gasteiger partial charge is 0.135 e. The molecule has 0 atom stereocenters. The van der Waals surface area contributed by atoms with E-state index >= 15 is 0 Å². The second-order valence-corrected chi connectivity index (χ2v) is 7.31. The highest BCUT2D eigenvalue weighted by Crippen LogP contribution is 2.32. The Labute approximate surface area is 168 Å². The Kier molecular flexibility index (Phi) is 4.89. The molecule has 0 saturated carbocycles. The van der Waals surface area contributed by atoms with Crippen molar-refractivity contribution in [2.45, 2.75) is 19.3 Å². The van der Waals surface area contributed by atoms with Crippen molar-refractivity contribution in [3.63, 3.8) is 0 Å². The van der Waals surface area contributed by atoms with Crippen LogP contribution in [-0.2, 0) is 5.41 Å². The van der Waals surface area contributed by atoms with Gasteiger partial charge in [-0.05, 0) is 62.4 Å². The van der Waals surface area contributed by atoms with Gasteiger partial charge in [0.1, 0.15) is 11.6 Å². The Morgan fingerprint density at radius 2 is 1.45 bits per heavy atom. The van der Waals surface area contributed by atoms with Crippen molar-refractivity contribution in [2.24, 2.45) is 0 Å². The predicted octanol–water partition coefficient (Wildman–Crippen LogP) is 5.81. The van der Waals surface area contributed by atoms with E-state index < -0.39 is 17.0 Å². The molecule has 29 heavy (non-hydrogen) atoms. The molecule has 0 aliphatic rings. The number of nitrogens with zero attached hydrogens (tertiary/aromatic N) is 3. The van der Waals surface area contributed by atoms with Gasteiger partial charge in [0.15, 0.2) is 0 Å². The first-order valence-corrected chi connectivity index (χ1v) is 9.26. The maximum atomic E-state index is 14.2. The van der Waals surface area contributed by atoms with E-state index in [1.165, 1.54) is 12.1 Å². The summed E-state index contributed by atoms with van der Waals surface area (Å²) in [6, 6.07) is 18.6. The van der Waals surface area contributed by atoms with E-state index in [0.29, 0.717) is 5.69 Å². The molecule has 3 heterocycles. The number of hydrogen-bond acceptors (Lipinski definition) is 3. The Morgan fingerprint density at radius 1 is 0.759 bits per heavy atom. The van der Waals surface area contributed by atoms with E-state index in [4.69, 9.17) is 4.98 Å². The molecule has 0 aliphatic heterocycles. The molecular formula is C24H19F2N3. The number of pyridine rings is 3. The van der Waals surface area contributed by atoms with E-state index in [0.717, 1.165) is 28.7 Å². The van der Waals surface area contributed by atoms with Crippen LogP contribution in [0.3, 0.4) is 0 Å². The zero-order chi connectivity index (χ0) is 20.4. The van der Waals surface area contributed by atoms with Crippen LogP contribution in [0.4, 0.5) is 8.78 Å². The molecule has 0 bridgehead atoms. The Hall–Kier alpha value is -3.47. The van der Waals surface area contributed by atoms with Gasteiger partial charge in [0.2, 0.25) is 0 Å². The summed E-state index contributed by atoms with van der Waals surface area (Å²) in [5.41, 5.74) is 3.53. The van der Waals surface area contributed by atoms with Crippen LogP contribution in [0, 0.1) is 11.6 Å². The van der Waals surface area contributed by atoms with Gasteiger partial charge in [-0.15, -0.1) is 0 Å². The molecule has 0 unspecified atom stereocenters. The number of hydrogen-bond donors (Lipinski definition) is 0. The van der Waals surface area contributed by atoms with Gasteiger partial charge >= 0.3 is 0 Å². The van der Waals surface area contributed by atoms with E-state index in [-0.39, 0.29) is 5.56 Å². The van der Waals surface area contributed by atoms with Gasteiger partial charge in [0, 0.05) is 35.0 Å². The van der Waals surface area contributed by atoms with E-state index in [2.05, 4.69) is 9.97 Å². The highest BCUT2D eigenvalue weighted by Gasteiger charge is 2.27. The summed E-state index contributed by atoms with van der Waals surface area (Å²) < 4.78 is 27.5. The van der Waals surface area contributed by atoms with Gasteiger partial charge in [-0.3, -0.25) is 15.0 Å². The molecule has 0 saturated heterocycles. The third-order valence-corrected chi connectivity index (χ3v) is 4.94. The molecule has 0 spiro atoms. The van der Waals surface area contributed by atoms with Gasteiger partial charge in [-0.25, -0.2) is 8.78 Å². The summed E-state index contributed by atoms with van der Waals surface area (Å²) in [5.74, 6) is -1.25. The fourth-order valence-corrected chi connectivity index (χ4v) is 3.22. The zero-order valence-electron chi connectivity index (χ0n) is 16.1. The van der Waals surface area contributed by atoms with Crippen molar-refractivity contribution >= 4 is 0 Å². The molecule has 5 heteroatoms. The normalized spacial score (nSPS) is 11.4. The first-order chi connectivity index (χ1) is 13.9.